The van der Waals surface area contributed by atoms with Crippen molar-refractivity contribution in [3.05, 3.63) is 17.8 Å². The molecule has 1 saturated heterocycles. The second-order valence-electron chi connectivity index (χ2n) is 9.61. The summed E-state index contributed by atoms with van der Waals surface area (Å²) in [5.41, 5.74) is 1.11. The quantitative estimate of drug-likeness (QED) is 0.352. The van der Waals surface area contributed by atoms with Gasteiger partial charge in [-0.1, -0.05) is 19.6 Å². The second-order valence-corrected chi connectivity index (χ2v) is 15.2. The van der Waals surface area contributed by atoms with Crippen molar-refractivity contribution in [2.24, 2.45) is 0 Å². The molecule has 0 saturated carbocycles. The lowest BCUT2D eigenvalue weighted by molar-refractivity contribution is -0.0582. The van der Waals surface area contributed by atoms with Crippen LogP contribution in [0.15, 0.2) is 12.1 Å². The minimum Gasteiger partial charge on any atom is -0.444 e. The lowest BCUT2D eigenvalue weighted by atomic mass is 10.2. The predicted molar refractivity (Wildman–Crippen MR) is 121 cm³/mol. The standard InChI is InChI=1S/C21H37N3O5Si/c1-21(2,3)29-20(25)23-19-14-18(24-7-9-26-10-8-24)13-17(22-19)15-28-16-27-11-12-30(4,5)6/h13-14H,7-12,15-16H2,1-6H3,(H,22,23,25). The highest BCUT2D eigenvalue weighted by Crippen LogP contribution is 2.22. The number of pyridine rings is 1. The van der Waals surface area contributed by atoms with Crippen LogP contribution in [0, 0.1) is 0 Å². The van der Waals surface area contributed by atoms with Gasteiger partial charge in [0.25, 0.3) is 0 Å². The summed E-state index contributed by atoms with van der Waals surface area (Å²) in [6, 6.07) is 4.93. The summed E-state index contributed by atoms with van der Waals surface area (Å²) >= 11 is 0. The fraction of sp³-hybridized carbons (Fsp3) is 0.714. The Hall–Kier alpha value is -1.68. The van der Waals surface area contributed by atoms with Gasteiger partial charge in [0.2, 0.25) is 0 Å². The Labute approximate surface area is 181 Å². The molecule has 0 aromatic carbocycles. The van der Waals surface area contributed by atoms with Gasteiger partial charge in [-0.3, -0.25) is 5.32 Å². The van der Waals surface area contributed by atoms with E-state index in [0.29, 0.717) is 32.2 Å². The van der Waals surface area contributed by atoms with Gasteiger partial charge < -0.3 is 23.8 Å². The van der Waals surface area contributed by atoms with E-state index in [9.17, 15) is 4.79 Å². The van der Waals surface area contributed by atoms with Crippen molar-refractivity contribution in [1.29, 1.82) is 0 Å². The Balaban J connectivity index is 1.99. The van der Waals surface area contributed by atoms with Crippen LogP contribution in [0.3, 0.4) is 0 Å². The number of hydrogen-bond acceptors (Lipinski definition) is 7. The normalized spacial score (nSPS) is 15.2. The second kappa shape index (κ2) is 11.1. The first kappa shape index (κ1) is 24.6. The highest BCUT2D eigenvalue weighted by molar-refractivity contribution is 6.76. The number of hydrogen-bond donors (Lipinski definition) is 1. The average Bonchev–Trinajstić information content (AvgIpc) is 2.62. The van der Waals surface area contributed by atoms with E-state index >= 15 is 0 Å². The molecule has 0 atom stereocenters. The summed E-state index contributed by atoms with van der Waals surface area (Å²) in [5, 5.41) is 2.73. The third kappa shape index (κ3) is 9.88. The maximum atomic E-state index is 12.2. The summed E-state index contributed by atoms with van der Waals surface area (Å²) < 4.78 is 22.0. The van der Waals surface area contributed by atoms with Crippen molar-refractivity contribution in [3.63, 3.8) is 0 Å². The molecule has 1 fully saturated rings. The molecule has 1 aromatic rings. The number of nitrogens with one attached hydrogen (secondary N) is 1. The highest BCUT2D eigenvalue weighted by atomic mass is 28.3. The van der Waals surface area contributed by atoms with Crippen LogP contribution in [0.2, 0.25) is 25.7 Å². The van der Waals surface area contributed by atoms with Crippen molar-refractivity contribution in [2.75, 3.05) is 49.9 Å². The summed E-state index contributed by atoms with van der Waals surface area (Å²) in [6.45, 7) is 16.6. The van der Waals surface area contributed by atoms with Crippen molar-refractivity contribution in [1.82, 2.24) is 4.98 Å². The molecule has 170 valence electrons. The first-order chi connectivity index (χ1) is 14.0. The van der Waals surface area contributed by atoms with Gasteiger partial charge in [0.15, 0.2) is 0 Å². The zero-order valence-corrected chi connectivity index (χ0v) is 20.2. The van der Waals surface area contributed by atoms with Gasteiger partial charge in [0.05, 0.1) is 25.5 Å². The van der Waals surface area contributed by atoms with Gasteiger partial charge in [-0.15, -0.1) is 0 Å². The van der Waals surface area contributed by atoms with Crippen LogP contribution >= 0.6 is 0 Å². The number of ether oxygens (including phenoxy) is 4. The number of morpholine rings is 1. The van der Waals surface area contributed by atoms with E-state index in [4.69, 9.17) is 18.9 Å². The minimum atomic E-state index is -1.11. The Kier molecular flexibility index (Phi) is 9.08. The van der Waals surface area contributed by atoms with E-state index in [1.807, 2.05) is 32.9 Å². The fourth-order valence-corrected chi connectivity index (χ4v) is 3.52. The van der Waals surface area contributed by atoms with Crippen LogP contribution < -0.4 is 10.2 Å². The minimum absolute atomic E-state index is 0.225. The smallest absolute Gasteiger partial charge is 0.413 e. The summed E-state index contributed by atoms with van der Waals surface area (Å²) in [4.78, 5) is 18.9. The summed E-state index contributed by atoms with van der Waals surface area (Å²) in [7, 11) is -1.11. The highest BCUT2D eigenvalue weighted by Gasteiger charge is 2.19. The van der Waals surface area contributed by atoms with Gasteiger partial charge >= 0.3 is 6.09 Å². The van der Waals surface area contributed by atoms with E-state index in [0.717, 1.165) is 30.5 Å². The molecule has 30 heavy (non-hydrogen) atoms. The molecule has 1 N–H and O–H groups in total. The molecule has 9 heteroatoms. The zero-order valence-electron chi connectivity index (χ0n) is 19.2. The van der Waals surface area contributed by atoms with Gasteiger partial charge in [-0.2, -0.15) is 0 Å². The largest absolute Gasteiger partial charge is 0.444 e. The molecule has 1 aliphatic heterocycles. The van der Waals surface area contributed by atoms with E-state index in [1.54, 1.807) is 0 Å². The molecule has 2 heterocycles. The molecule has 0 bridgehead atoms. The van der Waals surface area contributed by atoms with E-state index < -0.39 is 19.8 Å². The molecule has 1 amide bonds. The van der Waals surface area contributed by atoms with Crippen LogP contribution in [0.4, 0.5) is 16.3 Å². The summed E-state index contributed by atoms with van der Waals surface area (Å²) in [5.74, 6) is 0.437. The molecule has 0 aliphatic carbocycles. The van der Waals surface area contributed by atoms with E-state index in [-0.39, 0.29) is 6.79 Å². The zero-order chi connectivity index (χ0) is 22.2. The lowest BCUT2D eigenvalue weighted by Crippen LogP contribution is -2.36. The number of nitrogens with zero attached hydrogens (tertiary/aromatic N) is 2. The van der Waals surface area contributed by atoms with Gasteiger partial charge in [0, 0.05) is 39.5 Å². The van der Waals surface area contributed by atoms with Crippen LogP contribution in [0.5, 0.6) is 0 Å². The van der Waals surface area contributed by atoms with E-state index in [1.165, 1.54) is 0 Å². The van der Waals surface area contributed by atoms with Crippen LogP contribution in [-0.2, 0) is 25.6 Å². The molecule has 0 radical (unpaired) electrons. The van der Waals surface area contributed by atoms with Gasteiger partial charge in [-0.25, -0.2) is 9.78 Å². The molecule has 0 unspecified atom stereocenters. The molecule has 1 aliphatic rings. The van der Waals surface area contributed by atoms with Crippen LogP contribution in [0.1, 0.15) is 26.5 Å². The van der Waals surface area contributed by atoms with Crippen molar-refractivity contribution < 1.29 is 23.7 Å². The SMILES string of the molecule is CC(C)(C)OC(=O)Nc1cc(N2CCOCC2)cc(COCOCC[Si](C)(C)C)n1. The number of carbonyl (C=O) groups is 1. The average molecular weight is 440 g/mol. The monoisotopic (exact) mass is 439 g/mol. The third-order valence-corrected chi connectivity index (χ3v) is 5.99. The Bertz CT molecular complexity index is 682. The molecular formula is C21H37N3O5Si. The number of amides is 1. The molecule has 1 aromatic heterocycles. The Morgan fingerprint density at radius 3 is 2.53 bits per heavy atom. The van der Waals surface area contributed by atoms with Crippen LogP contribution in [0.25, 0.3) is 0 Å². The first-order valence-electron chi connectivity index (χ1n) is 10.5. The lowest BCUT2D eigenvalue weighted by Gasteiger charge is -2.29. The topological polar surface area (TPSA) is 82.2 Å². The molecule has 8 nitrogen and oxygen atoms in total. The maximum absolute atomic E-state index is 12.2. The number of rotatable bonds is 9. The molecular weight excluding hydrogens is 402 g/mol. The van der Waals surface area contributed by atoms with Gasteiger partial charge in [-0.05, 0) is 32.9 Å². The van der Waals surface area contributed by atoms with Crippen molar-refractivity contribution >= 4 is 25.7 Å². The predicted octanol–water partition coefficient (Wildman–Crippen LogP) is 4.09. The molecule has 0 spiro atoms. The Morgan fingerprint density at radius 1 is 1.20 bits per heavy atom. The van der Waals surface area contributed by atoms with E-state index in [2.05, 4.69) is 34.8 Å². The fourth-order valence-electron chi connectivity index (χ4n) is 2.76. The number of aromatic nitrogens is 1. The van der Waals surface area contributed by atoms with Crippen molar-refractivity contribution in [3.8, 4) is 0 Å². The van der Waals surface area contributed by atoms with Crippen LogP contribution in [-0.4, -0.2) is 64.5 Å². The summed E-state index contributed by atoms with van der Waals surface area (Å²) in [6.07, 6.45) is -0.532. The third-order valence-electron chi connectivity index (χ3n) is 4.28. The molecule has 2 rings (SSSR count). The number of carbonyl (C=O) groups excluding carboxylic acids is 1. The number of anilines is 2. The first-order valence-corrected chi connectivity index (χ1v) is 14.2. The van der Waals surface area contributed by atoms with Crippen molar-refractivity contribution in [2.45, 2.75) is 58.7 Å². The Morgan fingerprint density at radius 2 is 1.90 bits per heavy atom. The maximum Gasteiger partial charge on any atom is 0.413 e. The van der Waals surface area contributed by atoms with Gasteiger partial charge in [0.1, 0.15) is 18.2 Å².